The summed E-state index contributed by atoms with van der Waals surface area (Å²) < 4.78 is 145. The van der Waals surface area contributed by atoms with E-state index >= 15 is 0 Å². The molecule has 0 radical (unpaired) electrons. The topological polar surface area (TPSA) is 326 Å². The summed E-state index contributed by atoms with van der Waals surface area (Å²) in [4.78, 5) is 30.6. The first kappa shape index (κ1) is 105. The second kappa shape index (κ2) is 53.1. The van der Waals surface area contributed by atoms with Gasteiger partial charge < -0.3 is 117 Å². The van der Waals surface area contributed by atoms with Crippen molar-refractivity contribution < 1.29 is 103 Å². The summed E-state index contributed by atoms with van der Waals surface area (Å²) in [5, 5.41) is 22.6. The van der Waals surface area contributed by atoms with E-state index in [1.54, 1.807) is 66.1 Å². The molecule has 14 heterocycles. The maximum absolute atomic E-state index is 13.3. The van der Waals surface area contributed by atoms with Crippen molar-refractivity contribution in [3.8, 4) is 51.7 Å². The minimum Gasteiger partial charge on any atom is -0.497 e. The molecule has 149 heavy (non-hydrogen) atoms. The first-order valence-electron chi connectivity index (χ1n) is 50.3. The molecule has 7 aliphatic heterocycles. The summed E-state index contributed by atoms with van der Waals surface area (Å²) in [7, 11) is 8.35. The molecular weight excluding hydrogens is 1910 g/mol. The molecule has 0 saturated carbocycles. The Labute approximate surface area is 863 Å². The Morgan fingerprint density at radius 3 is 0.946 bits per heavy atom. The number of methoxy groups -OCH3 is 5. The van der Waals surface area contributed by atoms with E-state index < -0.39 is 6.29 Å². The highest BCUT2D eigenvalue weighted by molar-refractivity contribution is 5.87. The van der Waals surface area contributed by atoms with Gasteiger partial charge in [0.2, 0.25) is 6.79 Å². The van der Waals surface area contributed by atoms with E-state index in [-0.39, 0.29) is 79.0 Å². The van der Waals surface area contributed by atoms with Crippen LogP contribution in [0.25, 0.3) is 54.5 Å². The Hall–Kier alpha value is -13.5. The van der Waals surface area contributed by atoms with Crippen LogP contribution in [0.4, 0.5) is 13.2 Å². The van der Waals surface area contributed by atoms with Crippen LogP contribution in [-0.4, -0.2) is 211 Å². The number of aromatic nitrogens is 7. The van der Waals surface area contributed by atoms with Crippen molar-refractivity contribution in [3.05, 3.63) is 323 Å². The molecule has 8 aromatic carbocycles. The Kier molecular flexibility index (Phi) is 37.6. The van der Waals surface area contributed by atoms with Gasteiger partial charge in [-0.15, -0.1) is 8.78 Å². The monoisotopic (exact) mass is 2030 g/mol. The van der Waals surface area contributed by atoms with Crippen molar-refractivity contribution in [2.75, 3.05) is 108 Å². The fourth-order valence-electron chi connectivity index (χ4n) is 18.2. The molecule has 0 spiro atoms. The van der Waals surface area contributed by atoms with Crippen molar-refractivity contribution in [3.63, 3.8) is 0 Å². The lowest BCUT2D eigenvalue weighted by Gasteiger charge is -2.30. The van der Waals surface area contributed by atoms with Gasteiger partial charge in [0.25, 0.3) is 0 Å². The third kappa shape index (κ3) is 30.2. The highest BCUT2D eigenvalue weighted by Crippen LogP contribution is 2.42. The fourth-order valence-corrected chi connectivity index (χ4v) is 18.2. The number of nitrogens with zero attached hydrogens (tertiary/aromatic N) is 7. The molecule has 5 fully saturated rings. The largest absolute Gasteiger partial charge is 0.586 e. The zero-order valence-electron chi connectivity index (χ0n) is 84.0. The molecule has 0 aliphatic carbocycles. The average molecular weight is 2040 g/mol. The Balaban J connectivity index is 0.000000122. The number of alkyl halides is 2. The summed E-state index contributed by atoms with van der Waals surface area (Å²) in [6.45, 7) is 9.53. The number of ether oxygens (including phenoxy) is 19. The second-order valence-electron chi connectivity index (χ2n) is 36.8. The third-order valence-electron chi connectivity index (χ3n) is 26.5. The molecule has 0 amide bonds. The molecule has 780 valence electrons. The molecule has 5 saturated heterocycles. The maximum Gasteiger partial charge on any atom is 0.586 e. The number of benzene rings is 8. The van der Waals surface area contributed by atoms with Gasteiger partial charge in [-0.1, -0.05) is 36.4 Å². The number of nitrogens with one attached hydrogen (secondary N) is 5. The van der Waals surface area contributed by atoms with Crippen LogP contribution in [0.15, 0.2) is 262 Å². The van der Waals surface area contributed by atoms with Crippen molar-refractivity contribution in [1.29, 1.82) is 0 Å². The maximum atomic E-state index is 13.3. The smallest absolute Gasteiger partial charge is 0.497 e. The van der Waals surface area contributed by atoms with Gasteiger partial charge in [-0.3, -0.25) is 34.9 Å². The van der Waals surface area contributed by atoms with E-state index in [0.29, 0.717) is 92.5 Å². The van der Waals surface area contributed by atoms with Crippen molar-refractivity contribution in [2.45, 2.75) is 165 Å². The van der Waals surface area contributed by atoms with Crippen molar-refractivity contribution >= 4 is 54.5 Å². The predicted octanol–water partition coefficient (Wildman–Crippen LogP) is 17.5. The molecule has 34 heteroatoms. The summed E-state index contributed by atoms with van der Waals surface area (Å²) in [6, 6.07) is 67.8. The molecule has 5 N–H and O–H groups in total. The number of hydrogen-bond donors (Lipinski definition) is 5. The second-order valence-corrected chi connectivity index (χ2v) is 36.8. The minimum atomic E-state index is -3.61. The molecule has 0 unspecified atom stereocenters. The van der Waals surface area contributed by atoms with Crippen LogP contribution in [-0.2, 0) is 112 Å². The lowest BCUT2D eigenvalue weighted by atomic mass is 10.0. The summed E-state index contributed by atoms with van der Waals surface area (Å²) in [6.07, 6.45) is 18.1. The van der Waals surface area contributed by atoms with Crippen molar-refractivity contribution in [1.82, 2.24) is 61.5 Å². The molecular formula is C115H125F3N12O19. The highest BCUT2D eigenvalue weighted by Gasteiger charge is 2.44. The molecule has 15 aromatic rings. The zero-order chi connectivity index (χ0) is 102. The molecule has 7 aromatic heterocycles. The first-order valence-corrected chi connectivity index (χ1v) is 50.3. The van der Waals surface area contributed by atoms with E-state index in [1.165, 1.54) is 46.0 Å². The number of pyridine rings is 7. The van der Waals surface area contributed by atoms with Crippen molar-refractivity contribution in [2.24, 2.45) is 0 Å². The summed E-state index contributed by atoms with van der Waals surface area (Å²) in [5.74, 6) is 5.60. The van der Waals surface area contributed by atoms with Crippen LogP contribution >= 0.6 is 0 Å². The zero-order valence-corrected chi connectivity index (χ0v) is 84.0. The molecule has 0 atom stereocenters. The summed E-state index contributed by atoms with van der Waals surface area (Å²) in [5.41, 5.74) is 15.9. The quantitative estimate of drug-likeness (QED) is 0.0246. The lowest BCUT2D eigenvalue weighted by molar-refractivity contribution is -0.286. The summed E-state index contributed by atoms with van der Waals surface area (Å²) >= 11 is 0. The van der Waals surface area contributed by atoms with E-state index in [1.807, 2.05) is 189 Å². The van der Waals surface area contributed by atoms with Crippen LogP contribution in [0.2, 0.25) is 0 Å². The van der Waals surface area contributed by atoms with Crippen LogP contribution in [0.3, 0.4) is 0 Å². The number of fused-ring (bicyclic) bond motifs is 7. The van der Waals surface area contributed by atoms with Gasteiger partial charge in [-0.05, 0) is 258 Å². The molecule has 0 bridgehead atoms. The minimum absolute atomic E-state index is 0.000805. The predicted molar refractivity (Wildman–Crippen MR) is 555 cm³/mol. The van der Waals surface area contributed by atoms with Crippen LogP contribution in [0, 0.1) is 5.82 Å². The van der Waals surface area contributed by atoms with E-state index in [4.69, 9.17) is 80.5 Å². The number of rotatable bonds is 35. The van der Waals surface area contributed by atoms with E-state index in [2.05, 4.69) is 95.2 Å². The molecule has 22 rings (SSSR count). The number of aryl methyl sites for hydroxylation is 5. The van der Waals surface area contributed by atoms with Gasteiger partial charge in [-0.2, -0.15) is 0 Å². The lowest BCUT2D eigenvalue weighted by Crippen LogP contribution is -2.44. The molecule has 7 aliphatic rings. The molecule has 31 nitrogen and oxygen atoms in total. The number of halogens is 3. The Morgan fingerprint density at radius 2 is 0.611 bits per heavy atom. The van der Waals surface area contributed by atoms with Crippen LogP contribution in [0.5, 0.6) is 51.7 Å². The van der Waals surface area contributed by atoms with Crippen LogP contribution in [0.1, 0.15) is 87.9 Å². The normalized spacial score (nSPS) is 20.1. The van der Waals surface area contributed by atoms with E-state index in [0.717, 1.165) is 200 Å². The Bertz CT molecular complexity index is 6660. The third-order valence-corrected chi connectivity index (χ3v) is 26.5. The van der Waals surface area contributed by atoms with Gasteiger partial charge in [0.15, 0.2) is 54.4 Å². The standard InChI is InChI=1S/C24H24F2N2O5.C24H26N2O5.C23H25FN2O3.2C22H25N3O3/c1-29-18-4-5-20-19(11-18)16(8-9-27-20)3-7-23-30-13-17(14-31-23)28-12-15-2-6-21-22(10-15)33-24(25,26)32-21;1-27-19-4-5-21-20(11-19)17(8-9-25-21)3-7-24-28-13-18(14-29-24)26-12-16-2-6-22-23(10-16)31-15-30-22;1-27-20-6-7-22-21(12-20)17(9-10-25-22)5-8-23-28-14-19(15-29-23)26-13-16-3-2-4-18(24)11-16;1-26-19-5-6-21-20(11-19)17(8-10-24-21)4-7-22-27-14-18(15-28-22)25-13-16-3-2-9-23-12-16;1-26-19-6-7-21-20(12-19)16(9-11-24-21)5-8-22-27-14-18(15-28-22)25-13-17-4-2-3-10-23-17/h2,4-6,8-11,17,23,28H,3,7,12-14H2,1H3;2,4-6,8-11,18,24,26H,3,7,12-15H2,1H3;2-4,6-7,9-12,19,23,26H,5,8,13-15H2,1H3;2-3,5-6,8-12,18,22,25H,4,7,13-15H2,1H3;2-4,6-7,9-12,18,22,25H,5,8,13-15H2,1H3. The van der Waals surface area contributed by atoms with E-state index in [9.17, 15) is 13.2 Å². The first-order chi connectivity index (χ1) is 73.1. The van der Waals surface area contributed by atoms with Gasteiger partial charge in [0.05, 0.1) is 165 Å². The van der Waals surface area contributed by atoms with Gasteiger partial charge in [-0.25, -0.2) is 4.39 Å². The SMILES string of the molecule is COc1ccc2nccc(CCC3OCC(NCc4ccc5c(c4)OC(F)(F)O5)CO3)c2c1.COc1ccc2nccc(CCC3OCC(NCc4ccc5c(c4)OCO5)CO3)c2c1.COc1ccc2nccc(CCC3OCC(NCc4cccc(F)c4)CO3)c2c1.COc1ccc2nccc(CCC3OCC(NCc4ccccn4)CO3)c2c1.COc1ccc2nccc(CCC3OCC(NCc4cccnc4)CO3)c2c1. The highest BCUT2D eigenvalue weighted by atomic mass is 19.3. The fraction of sp³-hybridized carbons (Fsp3) is 0.365. The van der Waals surface area contributed by atoms with Gasteiger partial charge in [0.1, 0.15) is 34.6 Å². The van der Waals surface area contributed by atoms with Gasteiger partial charge >= 0.3 is 6.29 Å². The number of hydrogen-bond acceptors (Lipinski definition) is 31. The Morgan fingerprint density at radius 1 is 0.289 bits per heavy atom. The average Bonchev–Trinajstić information content (AvgIpc) is 1.61. The van der Waals surface area contributed by atoms with Gasteiger partial charge in [0, 0.05) is 141 Å². The van der Waals surface area contributed by atoms with Crippen LogP contribution < -0.4 is 69.2 Å².